The number of fused-ring (bicyclic) bond motifs is 1. The molecule has 0 spiro atoms. The molecule has 0 bridgehead atoms. The van der Waals surface area contributed by atoms with E-state index in [0.717, 1.165) is 23.6 Å². The number of nitrogens with one attached hydrogen (secondary N) is 2. The van der Waals surface area contributed by atoms with Crippen LogP contribution in [0.4, 0.5) is 4.39 Å². The summed E-state index contributed by atoms with van der Waals surface area (Å²) in [6, 6.07) is 11.8. The van der Waals surface area contributed by atoms with Crippen LogP contribution in [0.15, 0.2) is 47.5 Å². The minimum atomic E-state index is -0.247. The monoisotopic (exact) mass is 359 g/mol. The van der Waals surface area contributed by atoms with Gasteiger partial charge in [0.1, 0.15) is 18.2 Å². The van der Waals surface area contributed by atoms with Crippen LogP contribution in [0.25, 0.3) is 0 Å². The summed E-state index contributed by atoms with van der Waals surface area (Å²) in [6.45, 7) is 4.52. The Balaban J connectivity index is 1.46. The van der Waals surface area contributed by atoms with Crippen molar-refractivity contribution in [2.75, 3.05) is 26.5 Å². The van der Waals surface area contributed by atoms with E-state index in [-0.39, 0.29) is 12.6 Å². The highest BCUT2D eigenvalue weighted by molar-refractivity contribution is 5.79. The van der Waals surface area contributed by atoms with Gasteiger partial charge in [0.25, 0.3) is 0 Å². The van der Waals surface area contributed by atoms with Crippen molar-refractivity contribution < 1.29 is 18.6 Å². The van der Waals surface area contributed by atoms with E-state index in [0.29, 0.717) is 31.4 Å². The highest BCUT2D eigenvalue weighted by Crippen LogP contribution is 2.34. The van der Waals surface area contributed by atoms with Gasteiger partial charge in [0.2, 0.25) is 6.79 Å². The van der Waals surface area contributed by atoms with Gasteiger partial charge in [-0.2, -0.15) is 0 Å². The van der Waals surface area contributed by atoms with E-state index in [1.54, 1.807) is 12.1 Å². The number of hydrogen-bond donors (Lipinski definition) is 2. The normalized spacial score (nSPS) is 12.8. The Kier molecular flexibility index (Phi) is 6.14. The zero-order chi connectivity index (χ0) is 18.2. The molecule has 1 aliphatic heterocycles. The summed E-state index contributed by atoms with van der Waals surface area (Å²) in [4.78, 5) is 4.49. The summed E-state index contributed by atoms with van der Waals surface area (Å²) in [5, 5.41) is 6.38. The van der Waals surface area contributed by atoms with Gasteiger partial charge in [-0.15, -0.1) is 0 Å². The van der Waals surface area contributed by atoms with Crippen LogP contribution in [0.3, 0.4) is 0 Å². The van der Waals surface area contributed by atoms with Crippen LogP contribution in [0.5, 0.6) is 17.2 Å². The predicted octanol–water partition coefficient (Wildman–Crippen LogP) is 2.69. The molecule has 7 heteroatoms. The molecule has 0 atom stereocenters. The highest BCUT2D eigenvalue weighted by atomic mass is 19.1. The molecule has 0 saturated carbocycles. The molecule has 0 unspecified atom stereocenters. The van der Waals surface area contributed by atoms with Crippen molar-refractivity contribution in [1.29, 1.82) is 0 Å². The molecule has 2 N–H and O–H groups in total. The number of rotatable bonds is 7. The van der Waals surface area contributed by atoms with Crippen molar-refractivity contribution in [3.05, 3.63) is 53.8 Å². The lowest BCUT2D eigenvalue weighted by Gasteiger charge is -2.12. The van der Waals surface area contributed by atoms with E-state index < -0.39 is 0 Å². The Labute approximate surface area is 152 Å². The molecule has 0 aromatic heterocycles. The maximum Gasteiger partial charge on any atom is 0.231 e. The molecule has 0 saturated heterocycles. The van der Waals surface area contributed by atoms with Crippen LogP contribution < -0.4 is 24.8 Å². The van der Waals surface area contributed by atoms with Crippen LogP contribution in [-0.4, -0.2) is 32.4 Å². The number of hydrogen-bond acceptors (Lipinski definition) is 4. The molecule has 1 aliphatic rings. The first-order valence-corrected chi connectivity index (χ1v) is 8.53. The van der Waals surface area contributed by atoms with Crippen molar-refractivity contribution in [2.24, 2.45) is 4.99 Å². The molecule has 0 radical (unpaired) electrons. The quantitative estimate of drug-likeness (QED) is 0.452. The first kappa shape index (κ1) is 17.8. The van der Waals surface area contributed by atoms with E-state index >= 15 is 0 Å². The molecule has 1 heterocycles. The van der Waals surface area contributed by atoms with Crippen LogP contribution in [-0.2, 0) is 6.54 Å². The lowest BCUT2D eigenvalue weighted by molar-refractivity contribution is 0.173. The number of nitrogens with zero attached hydrogens (tertiary/aromatic N) is 1. The molecular weight excluding hydrogens is 337 g/mol. The number of aliphatic imine (C=N–C) groups is 1. The van der Waals surface area contributed by atoms with E-state index in [2.05, 4.69) is 15.6 Å². The van der Waals surface area contributed by atoms with Gasteiger partial charge in [0.15, 0.2) is 17.5 Å². The lowest BCUT2D eigenvalue weighted by Crippen LogP contribution is -2.39. The molecule has 2 aromatic carbocycles. The maximum atomic E-state index is 12.9. The minimum Gasteiger partial charge on any atom is -0.492 e. The standard InChI is InChI=1S/C19H22FN3O3/c1-2-21-19(23-12-14-3-5-15(20)6-4-14)22-9-10-24-16-7-8-17-18(11-16)26-13-25-17/h3-8,11H,2,9-10,12-13H2,1H3,(H2,21,22,23). The number of guanidine groups is 1. The first-order chi connectivity index (χ1) is 12.7. The number of benzene rings is 2. The second-order valence-corrected chi connectivity index (χ2v) is 5.61. The van der Waals surface area contributed by atoms with E-state index in [4.69, 9.17) is 14.2 Å². The fourth-order valence-corrected chi connectivity index (χ4v) is 2.41. The molecule has 6 nitrogen and oxygen atoms in total. The summed E-state index contributed by atoms with van der Waals surface area (Å²) < 4.78 is 29.2. The van der Waals surface area contributed by atoms with E-state index in [1.165, 1.54) is 12.1 Å². The van der Waals surface area contributed by atoms with Gasteiger partial charge < -0.3 is 24.8 Å². The van der Waals surface area contributed by atoms with Crippen molar-refractivity contribution in [3.63, 3.8) is 0 Å². The van der Waals surface area contributed by atoms with E-state index in [1.807, 2.05) is 25.1 Å². The minimum absolute atomic E-state index is 0.247. The SMILES string of the molecule is CCNC(=NCc1ccc(F)cc1)NCCOc1ccc2c(c1)OCO2. The summed E-state index contributed by atoms with van der Waals surface area (Å²) in [6.07, 6.45) is 0. The van der Waals surface area contributed by atoms with Crippen LogP contribution in [0.2, 0.25) is 0 Å². The summed E-state index contributed by atoms with van der Waals surface area (Å²) in [5.41, 5.74) is 0.945. The zero-order valence-electron chi connectivity index (χ0n) is 14.6. The van der Waals surface area contributed by atoms with Gasteiger partial charge in [0, 0.05) is 12.6 Å². The third-order valence-corrected chi connectivity index (χ3v) is 3.68. The van der Waals surface area contributed by atoms with Crippen LogP contribution in [0.1, 0.15) is 12.5 Å². The van der Waals surface area contributed by atoms with Crippen molar-refractivity contribution in [2.45, 2.75) is 13.5 Å². The Morgan fingerprint density at radius 3 is 2.73 bits per heavy atom. The smallest absolute Gasteiger partial charge is 0.231 e. The Morgan fingerprint density at radius 2 is 1.92 bits per heavy atom. The molecule has 3 rings (SSSR count). The number of halogens is 1. The molecule has 0 aliphatic carbocycles. The Morgan fingerprint density at radius 1 is 1.12 bits per heavy atom. The summed E-state index contributed by atoms with van der Waals surface area (Å²) in [7, 11) is 0. The second kappa shape index (κ2) is 8.94. The zero-order valence-corrected chi connectivity index (χ0v) is 14.6. The van der Waals surface area contributed by atoms with Crippen LogP contribution >= 0.6 is 0 Å². The third-order valence-electron chi connectivity index (χ3n) is 3.68. The molecule has 138 valence electrons. The Hall–Kier alpha value is -2.96. The third kappa shape index (κ3) is 5.02. The summed E-state index contributed by atoms with van der Waals surface area (Å²) >= 11 is 0. The van der Waals surface area contributed by atoms with Gasteiger partial charge >= 0.3 is 0 Å². The largest absolute Gasteiger partial charge is 0.492 e. The molecule has 0 amide bonds. The van der Waals surface area contributed by atoms with Gasteiger partial charge in [-0.1, -0.05) is 12.1 Å². The van der Waals surface area contributed by atoms with Crippen LogP contribution in [0, 0.1) is 5.82 Å². The van der Waals surface area contributed by atoms with Gasteiger partial charge in [0.05, 0.1) is 13.1 Å². The highest BCUT2D eigenvalue weighted by Gasteiger charge is 2.13. The van der Waals surface area contributed by atoms with Crippen molar-refractivity contribution in [1.82, 2.24) is 10.6 Å². The van der Waals surface area contributed by atoms with E-state index in [9.17, 15) is 4.39 Å². The molecule has 26 heavy (non-hydrogen) atoms. The fraction of sp³-hybridized carbons (Fsp3) is 0.316. The van der Waals surface area contributed by atoms with Gasteiger partial charge in [-0.25, -0.2) is 9.38 Å². The van der Waals surface area contributed by atoms with Gasteiger partial charge in [-0.3, -0.25) is 0 Å². The topological polar surface area (TPSA) is 64.1 Å². The average molecular weight is 359 g/mol. The summed E-state index contributed by atoms with van der Waals surface area (Å²) in [5.74, 6) is 2.60. The maximum absolute atomic E-state index is 12.9. The average Bonchev–Trinajstić information content (AvgIpc) is 3.12. The molecule has 0 fully saturated rings. The fourth-order valence-electron chi connectivity index (χ4n) is 2.41. The molecule has 2 aromatic rings. The molecular formula is C19H22FN3O3. The lowest BCUT2D eigenvalue weighted by atomic mass is 10.2. The van der Waals surface area contributed by atoms with Crippen molar-refractivity contribution in [3.8, 4) is 17.2 Å². The number of ether oxygens (including phenoxy) is 3. The van der Waals surface area contributed by atoms with Crippen molar-refractivity contribution >= 4 is 5.96 Å². The first-order valence-electron chi connectivity index (χ1n) is 8.53. The Bertz CT molecular complexity index is 750. The van der Waals surface area contributed by atoms with Gasteiger partial charge in [-0.05, 0) is 36.8 Å². The second-order valence-electron chi connectivity index (χ2n) is 5.61. The predicted molar refractivity (Wildman–Crippen MR) is 97.3 cm³/mol.